The zero-order chi connectivity index (χ0) is 20.4. The number of ether oxygens (including phenoxy) is 1. The van der Waals surface area contributed by atoms with E-state index in [4.69, 9.17) is 10.2 Å². The number of carboxylic acid groups (broad SMARTS) is 2. The lowest BCUT2D eigenvalue weighted by molar-refractivity contribution is 0.0582. The predicted molar refractivity (Wildman–Crippen MR) is 89.0 cm³/mol. The molecule has 0 aliphatic heterocycles. The minimum Gasteiger partial charge on any atom is -0.478 e. The first-order chi connectivity index (χ1) is 12.6. The van der Waals surface area contributed by atoms with Gasteiger partial charge in [0.1, 0.15) is 0 Å². The highest BCUT2D eigenvalue weighted by atomic mass is 32.2. The molecule has 0 saturated carbocycles. The van der Waals surface area contributed by atoms with Crippen LogP contribution in [0.1, 0.15) is 41.4 Å². The Morgan fingerprint density at radius 1 is 0.889 bits per heavy atom. The minimum atomic E-state index is -4.27. The molecule has 140 valence electrons. The van der Waals surface area contributed by atoms with Crippen molar-refractivity contribution in [3.05, 3.63) is 58.7 Å². The number of hydrogen-bond donors (Lipinski definition) is 2. The molecule has 0 aromatic heterocycles. The monoisotopic (exact) mass is 392 g/mol. The Hall–Kier alpha value is -3.53. The molecule has 0 atom stereocenters. The summed E-state index contributed by atoms with van der Waals surface area (Å²) in [7, 11) is -3.26. The van der Waals surface area contributed by atoms with E-state index in [0.29, 0.717) is 0 Å². The van der Waals surface area contributed by atoms with Crippen molar-refractivity contribution in [1.82, 2.24) is 0 Å². The number of methoxy groups -OCH3 is 1. The van der Waals surface area contributed by atoms with Crippen molar-refractivity contribution in [1.29, 1.82) is 0 Å². The van der Waals surface area contributed by atoms with Crippen LogP contribution in [0.2, 0.25) is 0 Å². The summed E-state index contributed by atoms with van der Waals surface area (Å²) in [5.41, 5.74) is -1.64. The van der Waals surface area contributed by atoms with Crippen molar-refractivity contribution < 1.29 is 42.5 Å². The summed E-state index contributed by atoms with van der Waals surface area (Å²) >= 11 is 0. The first-order valence-electron chi connectivity index (χ1n) is 7.16. The maximum atomic E-state index is 12.8. The number of carbonyl (C=O) groups is 4. The Morgan fingerprint density at radius 2 is 1.41 bits per heavy atom. The number of rotatable bonds is 6. The molecule has 0 bridgehead atoms. The second kappa shape index (κ2) is 7.38. The third kappa shape index (κ3) is 3.70. The lowest BCUT2D eigenvalue weighted by atomic mass is 10.1. The number of carboxylic acids is 2. The molecule has 0 fully saturated rings. The Kier molecular flexibility index (Phi) is 5.41. The van der Waals surface area contributed by atoms with Crippen molar-refractivity contribution >= 4 is 34.0 Å². The van der Waals surface area contributed by atoms with Gasteiger partial charge in [-0.3, -0.25) is 4.79 Å². The second-order valence-electron chi connectivity index (χ2n) is 5.18. The topological polar surface area (TPSA) is 152 Å². The maximum Gasteiger partial charge on any atom is 0.338 e. The van der Waals surface area contributed by atoms with Gasteiger partial charge in [-0.05, 0) is 36.4 Å². The van der Waals surface area contributed by atoms with Gasteiger partial charge >= 0.3 is 17.9 Å². The Labute approximate surface area is 152 Å². The third-order valence-electron chi connectivity index (χ3n) is 3.63. The zero-order valence-corrected chi connectivity index (χ0v) is 14.5. The van der Waals surface area contributed by atoms with E-state index in [1.807, 2.05) is 0 Å². The fraction of sp³-hybridized carbons (Fsp3) is 0.0588. The van der Waals surface area contributed by atoms with Crippen molar-refractivity contribution in [2.24, 2.45) is 0 Å². The van der Waals surface area contributed by atoms with Gasteiger partial charge in [-0.1, -0.05) is 0 Å². The summed E-state index contributed by atoms with van der Waals surface area (Å²) in [6.07, 6.45) is 0.204. The quantitative estimate of drug-likeness (QED) is 0.550. The van der Waals surface area contributed by atoms with Crippen LogP contribution in [-0.2, 0) is 14.6 Å². The predicted octanol–water partition coefficient (Wildman–Crippen LogP) is 1.51. The average molecular weight is 392 g/mol. The SMILES string of the molecule is COC(=O)c1cc(S(=O)(=O)c2ccc(C(=O)O)c(C=O)c2)ccc1C(=O)O. The van der Waals surface area contributed by atoms with Crippen molar-refractivity contribution in [2.45, 2.75) is 9.79 Å². The van der Waals surface area contributed by atoms with E-state index in [1.54, 1.807) is 0 Å². The van der Waals surface area contributed by atoms with Crippen LogP contribution in [0.15, 0.2) is 46.2 Å². The summed E-state index contributed by atoms with van der Waals surface area (Å²) in [6, 6.07) is 5.61. The molecule has 0 amide bonds. The van der Waals surface area contributed by atoms with Gasteiger partial charge in [-0.25, -0.2) is 22.8 Å². The normalized spacial score (nSPS) is 10.9. The molecule has 2 aromatic carbocycles. The zero-order valence-electron chi connectivity index (χ0n) is 13.7. The Balaban J connectivity index is 2.67. The van der Waals surface area contributed by atoms with Gasteiger partial charge in [0.25, 0.3) is 0 Å². The highest BCUT2D eigenvalue weighted by Gasteiger charge is 2.25. The first-order valence-corrected chi connectivity index (χ1v) is 8.65. The van der Waals surface area contributed by atoms with Crippen LogP contribution in [0, 0.1) is 0 Å². The highest BCUT2D eigenvalue weighted by Crippen LogP contribution is 2.25. The van der Waals surface area contributed by atoms with Crippen molar-refractivity contribution in [2.75, 3.05) is 7.11 Å². The molecule has 2 aromatic rings. The summed E-state index contributed by atoms with van der Waals surface area (Å²) < 4.78 is 30.0. The van der Waals surface area contributed by atoms with E-state index in [9.17, 15) is 27.6 Å². The first kappa shape index (κ1) is 19.8. The number of aldehydes is 1. The summed E-state index contributed by atoms with van der Waals surface area (Å²) in [4.78, 5) is 44.3. The van der Waals surface area contributed by atoms with Crippen LogP contribution < -0.4 is 0 Å². The van der Waals surface area contributed by atoms with Gasteiger partial charge < -0.3 is 14.9 Å². The van der Waals surface area contributed by atoms with Gasteiger partial charge in [0.05, 0.1) is 33.6 Å². The number of hydrogen-bond acceptors (Lipinski definition) is 7. The second-order valence-corrected chi connectivity index (χ2v) is 7.13. The summed E-state index contributed by atoms with van der Waals surface area (Å²) in [5.74, 6) is -3.90. The molecule has 10 heteroatoms. The average Bonchev–Trinajstić information content (AvgIpc) is 2.65. The van der Waals surface area contributed by atoms with Crippen molar-refractivity contribution in [3.63, 3.8) is 0 Å². The van der Waals surface area contributed by atoms with Gasteiger partial charge in [0.15, 0.2) is 6.29 Å². The van der Waals surface area contributed by atoms with Gasteiger partial charge in [0, 0.05) is 5.56 Å². The summed E-state index contributed by atoms with van der Waals surface area (Å²) in [6.45, 7) is 0. The molecule has 0 radical (unpaired) electrons. The molecule has 0 spiro atoms. The molecule has 2 N–H and O–H groups in total. The standard InChI is InChI=1S/C17H12O9S/c1-26-17(23)14-7-11(3-5-13(14)16(21)22)27(24,25)10-2-4-12(15(19)20)9(6-10)8-18/h2-8H,1H3,(H,19,20)(H,21,22). The van der Waals surface area contributed by atoms with Gasteiger partial charge in [-0.2, -0.15) is 0 Å². The van der Waals surface area contributed by atoms with Crippen LogP contribution in [-0.4, -0.2) is 49.9 Å². The molecule has 0 saturated heterocycles. The van der Waals surface area contributed by atoms with E-state index < -0.39 is 48.7 Å². The molecule has 0 aliphatic rings. The fourth-order valence-electron chi connectivity index (χ4n) is 2.29. The van der Waals surface area contributed by atoms with Crippen LogP contribution in [0.3, 0.4) is 0 Å². The fourth-order valence-corrected chi connectivity index (χ4v) is 3.61. The maximum absolute atomic E-state index is 12.8. The smallest absolute Gasteiger partial charge is 0.338 e. The van der Waals surface area contributed by atoms with Crippen LogP contribution in [0.25, 0.3) is 0 Å². The van der Waals surface area contributed by atoms with E-state index in [1.165, 1.54) is 0 Å². The number of esters is 1. The lowest BCUT2D eigenvalue weighted by Gasteiger charge is -2.10. The van der Waals surface area contributed by atoms with Crippen molar-refractivity contribution in [3.8, 4) is 0 Å². The largest absolute Gasteiger partial charge is 0.478 e. The van der Waals surface area contributed by atoms with Crippen LogP contribution in [0.5, 0.6) is 0 Å². The molecule has 27 heavy (non-hydrogen) atoms. The Morgan fingerprint density at radius 3 is 1.89 bits per heavy atom. The molecule has 0 aliphatic carbocycles. The number of benzene rings is 2. The van der Waals surface area contributed by atoms with Crippen LogP contribution in [0.4, 0.5) is 0 Å². The number of carbonyl (C=O) groups excluding carboxylic acids is 2. The van der Waals surface area contributed by atoms with Gasteiger partial charge in [0.2, 0.25) is 9.84 Å². The summed E-state index contributed by atoms with van der Waals surface area (Å²) in [5, 5.41) is 18.1. The number of sulfone groups is 1. The molecular weight excluding hydrogens is 380 g/mol. The van der Waals surface area contributed by atoms with Gasteiger partial charge in [-0.15, -0.1) is 0 Å². The van der Waals surface area contributed by atoms with E-state index in [0.717, 1.165) is 43.5 Å². The van der Waals surface area contributed by atoms with Crippen LogP contribution >= 0.6 is 0 Å². The van der Waals surface area contributed by atoms with E-state index in [-0.39, 0.29) is 17.4 Å². The molecule has 0 unspecified atom stereocenters. The minimum absolute atomic E-state index is 0.204. The third-order valence-corrected chi connectivity index (χ3v) is 5.38. The molecule has 9 nitrogen and oxygen atoms in total. The Bertz CT molecular complexity index is 1070. The molecular formula is C17H12O9S. The van der Waals surface area contributed by atoms with E-state index >= 15 is 0 Å². The lowest BCUT2D eigenvalue weighted by Crippen LogP contribution is -2.13. The highest BCUT2D eigenvalue weighted by molar-refractivity contribution is 7.91. The molecule has 2 rings (SSSR count). The van der Waals surface area contributed by atoms with E-state index in [2.05, 4.69) is 4.74 Å². The molecule has 0 heterocycles. The number of aromatic carboxylic acids is 2.